The van der Waals surface area contributed by atoms with Gasteiger partial charge in [-0.2, -0.15) is 0 Å². The first kappa shape index (κ1) is 21.3. The fraction of sp³-hybridized carbons (Fsp3) is 0.417. The molecule has 1 aromatic heterocycles. The van der Waals surface area contributed by atoms with E-state index in [0.29, 0.717) is 24.5 Å². The van der Waals surface area contributed by atoms with E-state index in [1.165, 1.54) is 12.1 Å². The van der Waals surface area contributed by atoms with Crippen molar-refractivity contribution in [2.45, 2.75) is 38.5 Å². The number of amides is 1. The summed E-state index contributed by atoms with van der Waals surface area (Å²) in [4.78, 5) is 13.9. The summed E-state index contributed by atoms with van der Waals surface area (Å²) in [7, 11) is 0. The SMILES string of the molecule is CCC(=O)Nc1ccc(OCCCN2CCC(c3noc4cc(F)ccc34)CC2)cc1. The Bertz CT molecular complexity index is 1010. The molecule has 164 valence electrons. The van der Waals surface area contributed by atoms with E-state index in [0.717, 1.165) is 61.4 Å². The zero-order chi connectivity index (χ0) is 21.6. The molecule has 0 atom stereocenters. The van der Waals surface area contributed by atoms with Crippen LogP contribution in [0.3, 0.4) is 0 Å². The van der Waals surface area contributed by atoms with Crippen molar-refractivity contribution in [2.24, 2.45) is 0 Å². The van der Waals surface area contributed by atoms with Crippen molar-refractivity contribution in [2.75, 3.05) is 31.6 Å². The van der Waals surface area contributed by atoms with Gasteiger partial charge in [0, 0.05) is 36.0 Å². The van der Waals surface area contributed by atoms with E-state index >= 15 is 0 Å². The van der Waals surface area contributed by atoms with Gasteiger partial charge in [0.15, 0.2) is 5.58 Å². The van der Waals surface area contributed by atoms with Crippen molar-refractivity contribution in [1.29, 1.82) is 0 Å². The summed E-state index contributed by atoms with van der Waals surface area (Å²) >= 11 is 0. The minimum Gasteiger partial charge on any atom is -0.494 e. The molecule has 0 radical (unpaired) electrons. The normalized spacial score (nSPS) is 15.3. The zero-order valence-corrected chi connectivity index (χ0v) is 17.8. The molecule has 0 spiro atoms. The molecule has 1 aliphatic heterocycles. The van der Waals surface area contributed by atoms with Crippen LogP contribution in [0, 0.1) is 5.82 Å². The second kappa shape index (κ2) is 9.92. The molecular weight excluding hydrogens is 397 g/mol. The van der Waals surface area contributed by atoms with Gasteiger partial charge in [0.1, 0.15) is 11.6 Å². The highest BCUT2D eigenvalue weighted by Gasteiger charge is 2.24. The maximum absolute atomic E-state index is 13.4. The number of carbonyl (C=O) groups excluding carboxylic acids is 1. The molecule has 2 aromatic carbocycles. The third-order valence-corrected chi connectivity index (χ3v) is 5.78. The second-order valence-electron chi connectivity index (χ2n) is 7.95. The van der Waals surface area contributed by atoms with Crippen LogP contribution in [-0.2, 0) is 4.79 Å². The topological polar surface area (TPSA) is 67.6 Å². The number of hydrogen-bond acceptors (Lipinski definition) is 5. The van der Waals surface area contributed by atoms with Gasteiger partial charge in [-0.25, -0.2) is 4.39 Å². The van der Waals surface area contributed by atoms with Gasteiger partial charge in [0.2, 0.25) is 5.91 Å². The summed E-state index contributed by atoms with van der Waals surface area (Å²) in [6.45, 7) is 5.48. The number of halogens is 1. The number of carbonyl (C=O) groups is 1. The lowest BCUT2D eigenvalue weighted by atomic mass is 9.91. The Morgan fingerprint density at radius 3 is 2.74 bits per heavy atom. The van der Waals surface area contributed by atoms with E-state index in [-0.39, 0.29) is 11.7 Å². The van der Waals surface area contributed by atoms with E-state index < -0.39 is 0 Å². The minimum absolute atomic E-state index is 0.00285. The molecule has 0 bridgehead atoms. The van der Waals surface area contributed by atoms with E-state index in [4.69, 9.17) is 9.26 Å². The Kier molecular flexibility index (Phi) is 6.82. The number of fused-ring (bicyclic) bond motifs is 1. The van der Waals surface area contributed by atoms with Crippen molar-refractivity contribution in [3.63, 3.8) is 0 Å². The standard InChI is InChI=1S/C24H28FN3O3/c1-2-23(29)26-19-5-7-20(8-6-19)30-15-3-12-28-13-10-17(11-14-28)24-21-9-4-18(25)16-22(21)31-27-24/h4-9,16-17H,2-3,10-15H2,1H3,(H,26,29). The lowest BCUT2D eigenvalue weighted by Gasteiger charge is -2.31. The number of likely N-dealkylation sites (tertiary alicyclic amines) is 1. The number of ether oxygens (including phenoxy) is 1. The molecule has 1 amide bonds. The number of hydrogen-bond donors (Lipinski definition) is 1. The summed E-state index contributed by atoms with van der Waals surface area (Å²) in [5.74, 6) is 0.864. The van der Waals surface area contributed by atoms with Gasteiger partial charge in [0.25, 0.3) is 0 Å². The average Bonchev–Trinajstić information content (AvgIpc) is 3.21. The summed E-state index contributed by atoms with van der Waals surface area (Å²) in [6, 6.07) is 12.1. The highest BCUT2D eigenvalue weighted by Crippen LogP contribution is 2.32. The van der Waals surface area contributed by atoms with Crippen molar-refractivity contribution in [3.05, 3.63) is 54.0 Å². The first-order valence-electron chi connectivity index (χ1n) is 10.9. The fourth-order valence-corrected chi connectivity index (χ4v) is 4.02. The molecule has 0 saturated carbocycles. The minimum atomic E-state index is -0.300. The summed E-state index contributed by atoms with van der Waals surface area (Å²) in [5.41, 5.74) is 2.26. The van der Waals surface area contributed by atoms with Crippen LogP contribution in [0.1, 0.15) is 44.2 Å². The zero-order valence-electron chi connectivity index (χ0n) is 17.8. The van der Waals surface area contributed by atoms with Crippen LogP contribution in [0.5, 0.6) is 5.75 Å². The number of nitrogens with one attached hydrogen (secondary N) is 1. The molecule has 1 saturated heterocycles. The lowest BCUT2D eigenvalue weighted by molar-refractivity contribution is -0.115. The first-order valence-corrected chi connectivity index (χ1v) is 10.9. The molecule has 3 aromatic rings. The molecule has 2 heterocycles. The highest BCUT2D eigenvalue weighted by molar-refractivity contribution is 5.90. The molecule has 1 aliphatic rings. The molecule has 6 nitrogen and oxygen atoms in total. The van der Waals surface area contributed by atoms with E-state index in [2.05, 4.69) is 15.4 Å². The summed E-state index contributed by atoms with van der Waals surface area (Å²) < 4.78 is 24.5. The third-order valence-electron chi connectivity index (χ3n) is 5.78. The van der Waals surface area contributed by atoms with E-state index in [9.17, 15) is 9.18 Å². The van der Waals surface area contributed by atoms with Crippen LogP contribution in [0.2, 0.25) is 0 Å². The maximum atomic E-state index is 13.4. The lowest BCUT2D eigenvalue weighted by Crippen LogP contribution is -2.34. The van der Waals surface area contributed by atoms with Crippen molar-refractivity contribution in [1.82, 2.24) is 10.1 Å². The van der Waals surface area contributed by atoms with Crippen LogP contribution >= 0.6 is 0 Å². The Labute approximate surface area is 181 Å². The largest absolute Gasteiger partial charge is 0.494 e. The number of benzene rings is 2. The summed E-state index contributed by atoms with van der Waals surface area (Å²) in [6.07, 6.45) is 3.45. The van der Waals surface area contributed by atoms with Crippen molar-refractivity contribution < 1.29 is 18.4 Å². The van der Waals surface area contributed by atoms with Crippen LogP contribution < -0.4 is 10.1 Å². The number of nitrogens with zero attached hydrogens (tertiary/aromatic N) is 2. The van der Waals surface area contributed by atoms with E-state index in [1.54, 1.807) is 6.07 Å². The van der Waals surface area contributed by atoms with Crippen LogP contribution in [0.4, 0.5) is 10.1 Å². The van der Waals surface area contributed by atoms with Gasteiger partial charge in [-0.3, -0.25) is 4.79 Å². The highest BCUT2D eigenvalue weighted by atomic mass is 19.1. The van der Waals surface area contributed by atoms with Gasteiger partial charge in [-0.05, 0) is 68.8 Å². The van der Waals surface area contributed by atoms with Crippen molar-refractivity contribution >= 4 is 22.6 Å². The smallest absolute Gasteiger partial charge is 0.224 e. The molecule has 0 unspecified atom stereocenters. The fourth-order valence-electron chi connectivity index (χ4n) is 4.02. The average molecular weight is 426 g/mol. The van der Waals surface area contributed by atoms with Gasteiger partial charge in [-0.15, -0.1) is 0 Å². The third kappa shape index (κ3) is 5.41. The van der Waals surface area contributed by atoms with Gasteiger partial charge < -0.3 is 19.5 Å². The van der Waals surface area contributed by atoms with Gasteiger partial charge in [0.05, 0.1) is 12.3 Å². The Morgan fingerprint density at radius 2 is 2.00 bits per heavy atom. The molecule has 7 heteroatoms. The van der Waals surface area contributed by atoms with Crippen LogP contribution in [0.15, 0.2) is 47.0 Å². The molecule has 1 fully saturated rings. The summed E-state index contributed by atoms with van der Waals surface area (Å²) in [5, 5.41) is 7.97. The second-order valence-corrected chi connectivity index (χ2v) is 7.95. The number of rotatable bonds is 8. The number of anilines is 1. The molecular formula is C24H28FN3O3. The number of aromatic nitrogens is 1. The van der Waals surface area contributed by atoms with Crippen LogP contribution in [-0.4, -0.2) is 42.2 Å². The predicted molar refractivity (Wildman–Crippen MR) is 118 cm³/mol. The first-order chi connectivity index (χ1) is 15.1. The quantitative estimate of drug-likeness (QED) is 0.517. The Balaban J connectivity index is 1.18. The van der Waals surface area contributed by atoms with E-state index in [1.807, 2.05) is 31.2 Å². The molecule has 1 N–H and O–H groups in total. The Hall–Kier alpha value is -2.93. The maximum Gasteiger partial charge on any atom is 0.224 e. The molecule has 0 aliphatic carbocycles. The molecule has 4 rings (SSSR count). The molecule has 31 heavy (non-hydrogen) atoms. The van der Waals surface area contributed by atoms with Gasteiger partial charge in [-0.1, -0.05) is 12.1 Å². The monoisotopic (exact) mass is 425 g/mol. The van der Waals surface area contributed by atoms with Gasteiger partial charge >= 0.3 is 0 Å². The number of piperidine rings is 1. The van der Waals surface area contributed by atoms with Crippen molar-refractivity contribution in [3.8, 4) is 5.75 Å². The van der Waals surface area contributed by atoms with Crippen LogP contribution in [0.25, 0.3) is 11.0 Å². The predicted octanol–water partition coefficient (Wildman–Crippen LogP) is 4.96. The Morgan fingerprint density at radius 1 is 1.23 bits per heavy atom.